The van der Waals surface area contributed by atoms with Crippen molar-refractivity contribution in [3.8, 4) is 11.1 Å². The summed E-state index contributed by atoms with van der Waals surface area (Å²) in [5.41, 5.74) is 3.28. The van der Waals surface area contributed by atoms with Gasteiger partial charge in [0.15, 0.2) is 0 Å². The smallest absolute Gasteiger partial charge is 0.149 e. The van der Waals surface area contributed by atoms with E-state index in [1.54, 1.807) is 6.07 Å². The first kappa shape index (κ1) is 13.4. The number of hydrogen-bond donors (Lipinski definition) is 0. The molecular weight excluding hydrogens is 341 g/mol. The molecule has 0 aliphatic heterocycles. The highest BCUT2D eigenvalue weighted by atomic mass is 79.9. The van der Waals surface area contributed by atoms with Crippen LogP contribution in [-0.4, -0.2) is 4.98 Å². The Labute approximate surface area is 135 Å². The first-order valence-corrected chi connectivity index (χ1v) is 7.76. The second kappa shape index (κ2) is 5.18. The number of rotatable bonds is 1. The van der Waals surface area contributed by atoms with E-state index in [0.29, 0.717) is 5.52 Å². The van der Waals surface area contributed by atoms with Crippen LogP contribution in [-0.2, 0) is 0 Å². The number of halogens is 2. The van der Waals surface area contributed by atoms with Crippen molar-refractivity contribution in [2.75, 3.05) is 0 Å². The van der Waals surface area contributed by atoms with Crippen molar-refractivity contribution in [1.29, 1.82) is 0 Å². The minimum Gasteiger partial charge on any atom is -0.245 e. The molecular formula is C19H11BrFN. The monoisotopic (exact) mass is 351 g/mol. The zero-order valence-electron chi connectivity index (χ0n) is 11.6. The van der Waals surface area contributed by atoms with Gasteiger partial charge in [-0.1, -0.05) is 58.4 Å². The number of para-hydroxylation sites is 1. The van der Waals surface area contributed by atoms with Gasteiger partial charge in [-0.2, -0.15) is 0 Å². The van der Waals surface area contributed by atoms with E-state index < -0.39 is 0 Å². The SMILES string of the molecule is Fc1cccc2c(-c3ccccc3)c3cc(Br)ccc3nc12. The number of pyridine rings is 1. The molecule has 4 rings (SSSR count). The van der Waals surface area contributed by atoms with Crippen LogP contribution in [0, 0.1) is 5.82 Å². The van der Waals surface area contributed by atoms with Crippen LogP contribution in [0.15, 0.2) is 71.2 Å². The van der Waals surface area contributed by atoms with Crippen LogP contribution in [0.1, 0.15) is 0 Å². The van der Waals surface area contributed by atoms with Gasteiger partial charge >= 0.3 is 0 Å². The molecule has 3 aromatic carbocycles. The predicted octanol–water partition coefficient (Wildman–Crippen LogP) is 5.96. The molecule has 0 N–H and O–H groups in total. The van der Waals surface area contributed by atoms with Gasteiger partial charge < -0.3 is 0 Å². The third kappa shape index (κ3) is 2.09. The molecule has 106 valence electrons. The molecule has 0 amide bonds. The van der Waals surface area contributed by atoms with Crippen LogP contribution >= 0.6 is 15.9 Å². The van der Waals surface area contributed by atoms with E-state index in [-0.39, 0.29) is 5.82 Å². The van der Waals surface area contributed by atoms with Crippen molar-refractivity contribution in [2.24, 2.45) is 0 Å². The van der Waals surface area contributed by atoms with E-state index in [1.165, 1.54) is 6.07 Å². The summed E-state index contributed by atoms with van der Waals surface area (Å²) >= 11 is 3.52. The largest absolute Gasteiger partial charge is 0.245 e. The van der Waals surface area contributed by atoms with Gasteiger partial charge in [-0.05, 0) is 29.8 Å². The summed E-state index contributed by atoms with van der Waals surface area (Å²) in [6.45, 7) is 0. The Morgan fingerprint density at radius 2 is 1.64 bits per heavy atom. The third-order valence-electron chi connectivity index (χ3n) is 3.78. The number of fused-ring (bicyclic) bond motifs is 2. The average Bonchev–Trinajstić information content (AvgIpc) is 2.54. The topological polar surface area (TPSA) is 12.9 Å². The standard InChI is InChI=1S/C19H11BrFN/c20-13-9-10-17-15(11-13)18(12-5-2-1-3-6-12)14-7-4-8-16(21)19(14)22-17/h1-11H. The summed E-state index contributed by atoms with van der Waals surface area (Å²) in [5.74, 6) is -0.292. The van der Waals surface area contributed by atoms with Crippen molar-refractivity contribution < 1.29 is 4.39 Å². The molecule has 1 aromatic heterocycles. The van der Waals surface area contributed by atoms with Gasteiger partial charge in [-0.15, -0.1) is 0 Å². The lowest BCUT2D eigenvalue weighted by atomic mass is 9.96. The highest BCUT2D eigenvalue weighted by Crippen LogP contribution is 2.36. The Morgan fingerprint density at radius 3 is 2.45 bits per heavy atom. The summed E-state index contributed by atoms with van der Waals surface area (Å²) in [7, 11) is 0. The maximum atomic E-state index is 14.2. The summed E-state index contributed by atoms with van der Waals surface area (Å²) in [4.78, 5) is 4.51. The summed E-state index contributed by atoms with van der Waals surface area (Å²) in [6.07, 6.45) is 0. The third-order valence-corrected chi connectivity index (χ3v) is 4.27. The van der Waals surface area contributed by atoms with Crippen LogP contribution < -0.4 is 0 Å². The predicted molar refractivity (Wildman–Crippen MR) is 92.3 cm³/mol. The summed E-state index contributed by atoms with van der Waals surface area (Å²) in [5, 5.41) is 1.84. The zero-order valence-corrected chi connectivity index (χ0v) is 13.1. The minimum absolute atomic E-state index is 0.292. The van der Waals surface area contributed by atoms with Gasteiger partial charge in [0, 0.05) is 20.8 Å². The molecule has 0 spiro atoms. The van der Waals surface area contributed by atoms with Crippen molar-refractivity contribution in [1.82, 2.24) is 4.98 Å². The van der Waals surface area contributed by atoms with Crippen molar-refractivity contribution in [3.63, 3.8) is 0 Å². The van der Waals surface area contributed by atoms with Crippen molar-refractivity contribution in [2.45, 2.75) is 0 Å². The molecule has 0 saturated carbocycles. The quantitative estimate of drug-likeness (QED) is 0.385. The fourth-order valence-corrected chi connectivity index (χ4v) is 3.18. The van der Waals surface area contributed by atoms with Crippen LogP contribution in [0.2, 0.25) is 0 Å². The Bertz CT molecular complexity index is 993. The first-order valence-electron chi connectivity index (χ1n) is 6.97. The Balaban J connectivity index is 2.26. The van der Waals surface area contributed by atoms with Crippen LogP contribution in [0.3, 0.4) is 0 Å². The molecule has 1 heterocycles. The summed E-state index contributed by atoms with van der Waals surface area (Å²) in [6, 6.07) is 21.0. The Hall–Kier alpha value is -2.26. The maximum absolute atomic E-state index is 14.2. The van der Waals surface area contributed by atoms with E-state index in [1.807, 2.05) is 54.6 Å². The normalized spacial score (nSPS) is 11.2. The van der Waals surface area contributed by atoms with Gasteiger partial charge in [-0.25, -0.2) is 9.37 Å². The van der Waals surface area contributed by atoms with Crippen LogP contribution in [0.4, 0.5) is 4.39 Å². The molecule has 4 aromatic rings. The van der Waals surface area contributed by atoms with E-state index in [4.69, 9.17) is 0 Å². The molecule has 22 heavy (non-hydrogen) atoms. The highest BCUT2D eigenvalue weighted by molar-refractivity contribution is 9.10. The molecule has 0 radical (unpaired) electrons. The molecule has 0 saturated heterocycles. The molecule has 0 atom stereocenters. The lowest BCUT2D eigenvalue weighted by Crippen LogP contribution is -1.91. The van der Waals surface area contributed by atoms with E-state index in [2.05, 4.69) is 20.9 Å². The number of benzene rings is 3. The maximum Gasteiger partial charge on any atom is 0.149 e. The van der Waals surface area contributed by atoms with Crippen LogP contribution in [0.5, 0.6) is 0 Å². The lowest BCUT2D eigenvalue weighted by molar-refractivity contribution is 0.637. The zero-order chi connectivity index (χ0) is 15.1. The lowest BCUT2D eigenvalue weighted by Gasteiger charge is -2.12. The fraction of sp³-hybridized carbons (Fsp3) is 0. The number of aromatic nitrogens is 1. The van der Waals surface area contributed by atoms with Gasteiger partial charge in [0.05, 0.1) is 5.52 Å². The van der Waals surface area contributed by atoms with Gasteiger partial charge in [0.2, 0.25) is 0 Å². The van der Waals surface area contributed by atoms with Gasteiger partial charge in [-0.3, -0.25) is 0 Å². The molecule has 0 bridgehead atoms. The number of hydrogen-bond acceptors (Lipinski definition) is 1. The molecule has 0 fully saturated rings. The van der Waals surface area contributed by atoms with E-state index in [0.717, 1.165) is 31.9 Å². The minimum atomic E-state index is -0.292. The van der Waals surface area contributed by atoms with Crippen molar-refractivity contribution >= 4 is 37.7 Å². The fourth-order valence-electron chi connectivity index (χ4n) is 2.82. The second-order valence-corrected chi connectivity index (χ2v) is 6.07. The average molecular weight is 352 g/mol. The molecule has 3 heteroatoms. The number of nitrogens with zero attached hydrogens (tertiary/aromatic N) is 1. The molecule has 0 aliphatic rings. The van der Waals surface area contributed by atoms with E-state index in [9.17, 15) is 4.39 Å². The first-order chi connectivity index (χ1) is 10.7. The molecule has 0 aliphatic carbocycles. The van der Waals surface area contributed by atoms with E-state index >= 15 is 0 Å². The second-order valence-electron chi connectivity index (χ2n) is 5.15. The van der Waals surface area contributed by atoms with Gasteiger partial charge in [0.25, 0.3) is 0 Å². The van der Waals surface area contributed by atoms with Gasteiger partial charge in [0.1, 0.15) is 11.3 Å². The molecule has 1 nitrogen and oxygen atoms in total. The van der Waals surface area contributed by atoms with Crippen molar-refractivity contribution in [3.05, 3.63) is 77.0 Å². The summed E-state index contributed by atoms with van der Waals surface area (Å²) < 4.78 is 15.2. The molecule has 0 unspecified atom stereocenters. The highest BCUT2D eigenvalue weighted by Gasteiger charge is 2.13. The Kier molecular flexibility index (Phi) is 3.16. The Morgan fingerprint density at radius 1 is 0.818 bits per heavy atom. The van der Waals surface area contributed by atoms with Crippen LogP contribution in [0.25, 0.3) is 32.9 Å².